The topological polar surface area (TPSA) is 264 Å². The zero-order chi connectivity index (χ0) is 39.6. The molecule has 292 valence electrons. The van der Waals surface area contributed by atoms with Crippen molar-refractivity contribution in [3.63, 3.8) is 0 Å². The summed E-state index contributed by atoms with van der Waals surface area (Å²) in [4.78, 5) is 96.1. The van der Waals surface area contributed by atoms with Gasteiger partial charge in [-0.2, -0.15) is 0 Å². The Morgan fingerprint density at radius 3 is 1.34 bits per heavy atom. The SMILES string of the molecule is CC(=O)OC[C@H]1O[C@@H](O[C@@H]2[C@@H](OC(C)=O)[C@@H](Oc3ccc([N+](=O)[O-])cc3)O[C@H](COC(C)=O)[C@H]2OC(C)=O)[C@H](OC(C)=O)[C@@H](OC(C)=O)[C@@H]1OC(C)=O. The molecule has 0 aromatic heterocycles. The quantitative estimate of drug-likeness (QED) is 0.109. The van der Waals surface area contributed by atoms with Gasteiger partial charge in [0, 0.05) is 60.6 Å². The van der Waals surface area contributed by atoms with Crippen LogP contribution in [0.1, 0.15) is 48.5 Å². The van der Waals surface area contributed by atoms with E-state index in [2.05, 4.69) is 0 Å². The number of benzene rings is 1. The number of hydrogen-bond acceptors (Lipinski definition) is 20. The van der Waals surface area contributed by atoms with E-state index in [0.717, 1.165) is 60.6 Å². The van der Waals surface area contributed by atoms with Crippen LogP contribution in [-0.2, 0) is 80.9 Å². The van der Waals surface area contributed by atoms with Crippen LogP contribution in [0, 0.1) is 10.1 Å². The molecule has 1 aromatic carbocycles. The Morgan fingerprint density at radius 1 is 0.547 bits per heavy atom. The van der Waals surface area contributed by atoms with Crippen molar-refractivity contribution < 1.29 is 90.6 Å². The fraction of sp³-hybridized carbons (Fsp3) is 0.594. The molecule has 2 fully saturated rings. The molecule has 0 aliphatic carbocycles. The fourth-order valence-corrected chi connectivity index (χ4v) is 5.35. The highest BCUT2D eigenvalue weighted by atomic mass is 16.8. The molecule has 0 spiro atoms. The first-order valence-corrected chi connectivity index (χ1v) is 15.9. The Labute approximate surface area is 301 Å². The molecule has 3 rings (SSSR count). The van der Waals surface area contributed by atoms with Gasteiger partial charge >= 0.3 is 41.8 Å². The van der Waals surface area contributed by atoms with Crippen LogP contribution in [0.25, 0.3) is 0 Å². The van der Waals surface area contributed by atoms with E-state index in [1.54, 1.807) is 0 Å². The minimum absolute atomic E-state index is 0.0408. The number of esters is 7. The summed E-state index contributed by atoms with van der Waals surface area (Å²) in [5, 5.41) is 11.2. The van der Waals surface area contributed by atoms with E-state index in [1.807, 2.05) is 0 Å². The summed E-state index contributed by atoms with van der Waals surface area (Å²) < 4.78 is 61.9. The van der Waals surface area contributed by atoms with Crippen molar-refractivity contribution in [2.75, 3.05) is 13.2 Å². The van der Waals surface area contributed by atoms with E-state index in [-0.39, 0.29) is 11.4 Å². The van der Waals surface area contributed by atoms with Gasteiger partial charge in [-0.3, -0.25) is 43.7 Å². The maximum Gasteiger partial charge on any atom is 0.303 e. The van der Waals surface area contributed by atoms with Crippen LogP contribution in [0.15, 0.2) is 24.3 Å². The third-order valence-corrected chi connectivity index (χ3v) is 7.19. The average Bonchev–Trinajstić information content (AvgIpc) is 3.03. The van der Waals surface area contributed by atoms with Crippen molar-refractivity contribution in [1.29, 1.82) is 0 Å². The lowest BCUT2D eigenvalue weighted by atomic mass is 9.96. The number of carbonyl (C=O) groups excluding carboxylic acids is 7. The van der Waals surface area contributed by atoms with Crippen molar-refractivity contribution in [3.8, 4) is 5.75 Å². The summed E-state index contributed by atoms with van der Waals surface area (Å²) in [6, 6.07) is 4.65. The third kappa shape index (κ3) is 12.4. The predicted octanol–water partition coefficient (Wildman–Crippen LogP) is 0.593. The van der Waals surface area contributed by atoms with Crippen LogP contribution in [0.3, 0.4) is 0 Å². The van der Waals surface area contributed by atoms with Gasteiger partial charge in [0.25, 0.3) is 5.69 Å². The minimum Gasteiger partial charge on any atom is -0.463 e. The number of nitrogens with zero attached hydrogens (tertiary/aromatic N) is 1. The lowest BCUT2D eigenvalue weighted by molar-refractivity contribution is -0.384. The van der Waals surface area contributed by atoms with Crippen molar-refractivity contribution >= 4 is 47.5 Å². The second-order valence-corrected chi connectivity index (χ2v) is 11.5. The summed E-state index contributed by atoms with van der Waals surface area (Å²) in [7, 11) is 0. The monoisotopic (exact) mass is 757 g/mol. The number of nitro benzene ring substituents is 1. The number of carbonyl (C=O) groups is 7. The van der Waals surface area contributed by atoms with Crippen LogP contribution in [-0.4, -0.2) is 121 Å². The van der Waals surface area contributed by atoms with E-state index in [0.29, 0.717) is 0 Å². The zero-order valence-corrected chi connectivity index (χ0v) is 29.6. The van der Waals surface area contributed by atoms with E-state index >= 15 is 0 Å². The molecule has 2 aliphatic rings. The zero-order valence-electron chi connectivity index (χ0n) is 29.6. The van der Waals surface area contributed by atoms with Crippen LogP contribution < -0.4 is 4.74 Å². The summed E-state index contributed by atoms with van der Waals surface area (Å²) >= 11 is 0. The Bertz CT molecular complexity index is 1530. The molecule has 2 heterocycles. The summed E-state index contributed by atoms with van der Waals surface area (Å²) in [5.74, 6) is -6.24. The maximum absolute atomic E-state index is 12.5. The van der Waals surface area contributed by atoms with Crippen molar-refractivity contribution in [2.45, 2.75) is 110 Å². The van der Waals surface area contributed by atoms with E-state index in [9.17, 15) is 43.7 Å². The first-order valence-electron chi connectivity index (χ1n) is 15.9. The van der Waals surface area contributed by atoms with Crippen LogP contribution in [0.2, 0.25) is 0 Å². The number of hydrogen-bond donors (Lipinski definition) is 0. The number of ether oxygens (including phenoxy) is 11. The predicted molar refractivity (Wildman–Crippen MR) is 167 cm³/mol. The molecule has 0 amide bonds. The molecule has 1 aromatic rings. The molecule has 0 saturated carbocycles. The molecule has 10 atom stereocenters. The lowest BCUT2D eigenvalue weighted by Crippen LogP contribution is -2.67. The molecular weight excluding hydrogens is 718 g/mol. The molecule has 2 saturated heterocycles. The molecule has 53 heavy (non-hydrogen) atoms. The van der Waals surface area contributed by atoms with Gasteiger partial charge in [-0.15, -0.1) is 0 Å². The van der Waals surface area contributed by atoms with Crippen molar-refractivity contribution in [1.82, 2.24) is 0 Å². The van der Waals surface area contributed by atoms with Gasteiger partial charge in [-0.05, 0) is 12.1 Å². The first-order chi connectivity index (χ1) is 24.9. The lowest BCUT2D eigenvalue weighted by Gasteiger charge is -2.48. The molecule has 21 nitrogen and oxygen atoms in total. The molecule has 0 bridgehead atoms. The highest BCUT2D eigenvalue weighted by Gasteiger charge is 2.58. The van der Waals surface area contributed by atoms with Crippen LogP contribution in [0.5, 0.6) is 5.75 Å². The van der Waals surface area contributed by atoms with Crippen molar-refractivity contribution in [2.24, 2.45) is 0 Å². The summed E-state index contributed by atoms with van der Waals surface area (Å²) in [6.45, 7) is 6.01. The van der Waals surface area contributed by atoms with Gasteiger partial charge < -0.3 is 52.1 Å². The smallest absolute Gasteiger partial charge is 0.303 e. The Kier molecular flexibility index (Phi) is 15.0. The normalized spacial score (nSPS) is 27.9. The molecule has 21 heteroatoms. The van der Waals surface area contributed by atoms with E-state index in [4.69, 9.17) is 52.1 Å². The van der Waals surface area contributed by atoms with Gasteiger partial charge in [0.2, 0.25) is 6.29 Å². The third-order valence-electron chi connectivity index (χ3n) is 7.19. The van der Waals surface area contributed by atoms with Gasteiger partial charge in [0.1, 0.15) is 37.3 Å². The molecule has 0 unspecified atom stereocenters. The minimum atomic E-state index is -1.88. The average molecular weight is 758 g/mol. The van der Waals surface area contributed by atoms with Crippen LogP contribution in [0.4, 0.5) is 5.69 Å². The molecular formula is C32H39NO20. The molecule has 0 radical (unpaired) electrons. The van der Waals surface area contributed by atoms with Crippen LogP contribution >= 0.6 is 0 Å². The van der Waals surface area contributed by atoms with Gasteiger partial charge in [-0.1, -0.05) is 0 Å². The first kappa shape index (κ1) is 42.0. The van der Waals surface area contributed by atoms with Crippen molar-refractivity contribution in [3.05, 3.63) is 34.4 Å². The van der Waals surface area contributed by atoms with Gasteiger partial charge in [0.15, 0.2) is 36.8 Å². The summed E-state index contributed by atoms with van der Waals surface area (Å²) in [6.07, 6.45) is -16.6. The number of non-ortho nitro benzene ring substituents is 1. The summed E-state index contributed by atoms with van der Waals surface area (Å²) in [5.41, 5.74) is -0.286. The number of nitro groups is 1. The second kappa shape index (κ2) is 18.9. The fourth-order valence-electron chi connectivity index (χ4n) is 5.35. The highest BCUT2D eigenvalue weighted by molar-refractivity contribution is 5.69. The Balaban J connectivity index is 2.21. The Morgan fingerprint density at radius 2 is 0.925 bits per heavy atom. The highest BCUT2D eigenvalue weighted by Crippen LogP contribution is 2.36. The van der Waals surface area contributed by atoms with E-state index in [1.165, 1.54) is 12.1 Å². The Hall–Kier alpha value is -5.41. The molecule has 0 N–H and O–H groups in total. The largest absolute Gasteiger partial charge is 0.463 e. The number of rotatable bonds is 14. The second-order valence-electron chi connectivity index (χ2n) is 11.5. The molecule has 2 aliphatic heterocycles. The van der Waals surface area contributed by atoms with E-state index < -0.39 is 121 Å². The van der Waals surface area contributed by atoms with Gasteiger partial charge in [0.05, 0.1) is 4.92 Å². The van der Waals surface area contributed by atoms with Gasteiger partial charge in [-0.25, -0.2) is 0 Å². The maximum atomic E-state index is 12.5. The standard InChI is InChI=1S/C32H39NO20/c1-14(34)43-12-23-25(45-16(3)36)27(47-18(5)38)29(48-19(6)39)32(52-23)53-28-26(46-17(4)37)24(13-44-15(2)35)51-31(30(28)49-20(7)40)50-22-10-8-21(9-11-22)33(41)42/h8-11,23-32H,12-13H2,1-7H3/t23-,24-,25-,26-,27+,28+,29-,30-,31+,32+/m1/s1.